The number of aromatic amines is 1. The molecule has 1 amide bonds. The SMILES string of the molecule is COCc1cc(CN(C)C(=O)c2c(-c3ccccc3)noc2C)[nH]n1. The Morgan fingerprint density at radius 1 is 1.32 bits per heavy atom. The van der Waals surface area contributed by atoms with Crippen molar-refractivity contribution in [1.82, 2.24) is 20.3 Å². The number of ether oxygens (including phenoxy) is 1. The Hall–Kier alpha value is -2.93. The molecule has 0 aliphatic heterocycles. The molecule has 0 aliphatic rings. The summed E-state index contributed by atoms with van der Waals surface area (Å²) in [5, 5.41) is 11.1. The van der Waals surface area contributed by atoms with Gasteiger partial charge in [0.1, 0.15) is 17.0 Å². The Bertz CT molecular complexity index is 854. The fourth-order valence-corrected chi connectivity index (χ4v) is 2.65. The summed E-state index contributed by atoms with van der Waals surface area (Å²) in [4.78, 5) is 14.5. The predicted molar refractivity (Wildman–Crippen MR) is 91.8 cm³/mol. The second-order valence-electron chi connectivity index (χ2n) is 5.81. The molecule has 0 atom stereocenters. The van der Waals surface area contributed by atoms with E-state index in [1.165, 1.54) is 0 Å². The van der Waals surface area contributed by atoms with E-state index >= 15 is 0 Å². The molecule has 3 rings (SSSR count). The average molecular weight is 340 g/mol. The highest BCUT2D eigenvalue weighted by atomic mass is 16.5. The third-order valence-corrected chi connectivity index (χ3v) is 3.85. The van der Waals surface area contributed by atoms with E-state index < -0.39 is 0 Å². The van der Waals surface area contributed by atoms with E-state index in [2.05, 4.69) is 15.4 Å². The number of rotatable bonds is 6. The van der Waals surface area contributed by atoms with Crippen molar-refractivity contribution in [3.05, 3.63) is 59.1 Å². The van der Waals surface area contributed by atoms with Gasteiger partial charge in [0.15, 0.2) is 0 Å². The predicted octanol–water partition coefficient (Wildman–Crippen LogP) is 2.79. The quantitative estimate of drug-likeness (QED) is 0.746. The Kier molecular flexibility index (Phi) is 4.95. The molecule has 1 aromatic carbocycles. The number of hydrogen-bond donors (Lipinski definition) is 1. The summed E-state index contributed by atoms with van der Waals surface area (Å²) in [7, 11) is 3.35. The van der Waals surface area contributed by atoms with Crippen molar-refractivity contribution >= 4 is 5.91 Å². The van der Waals surface area contributed by atoms with Gasteiger partial charge < -0.3 is 14.2 Å². The number of aryl methyl sites for hydroxylation is 1. The summed E-state index contributed by atoms with van der Waals surface area (Å²) in [5.41, 5.74) is 3.51. The van der Waals surface area contributed by atoms with Crippen LogP contribution in [0.3, 0.4) is 0 Å². The molecule has 2 heterocycles. The van der Waals surface area contributed by atoms with E-state index in [0.717, 1.165) is 17.0 Å². The number of benzene rings is 1. The second-order valence-corrected chi connectivity index (χ2v) is 5.81. The van der Waals surface area contributed by atoms with Gasteiger partial charge in [-0.2, -0.15) is 5.10 Å². The molecule has 1 N–H and O–H groups in total. The van der Waals surface area contributed by atoms with Gasteiger partial charge in [-0.15, -0.1) is 0 Å². The molecular formula is C18H20N4O3. The van der Waals surface area contributed by atoms with Gasteiger partial charge in [-0.3, -0.25) is 9.89 Å². The summed E-state index contributed by atoms with van der Waals surface area (Å²) >= 11 is 0. The normalized spacial score (nSPS) is 10.8. The number of methoxy groups -OCH3 is 1. The summed E-state index contributed by atoms with van der Waals surface area (Å²) in [6.45, 7) is 2.57. The average Bonchev–Trinajstić information content (AvgIpc) is 3.22. The Labute approximate surface area is 145 Å². The van der Waals surface area contributed by atoms with E-state index in [1.54, 1.807) is 26.0 Å². The molecule has 0 spiro atoms. The van der Waals surface area contributed by atoms with Crippen LogP contribution in [0.1, 0.15) is 27.5 Å². The molecule has 7 heteroatoms. The lowest BCUT2D eigenvalue weighted by molar-refractivity contribution is 0.0782. The van der Waals surface area contributed by atoms with E-state index in [0.29, 0.717) is 30.2 Å². The number of aromatic nitrogens is 3. The number of H-pyrrole nitrogens is 1. The maximum Gasteiger partial charge on any atom is 0.259 e. The smallest absolute Gasteiger partial charge is 0.259 e. The first-order valence-corrected chi connectivity index (χ1v) is 7.89. The van der Waals surface area contributed by atoms with Gasteiger partial charge in [-0.25, -0.2) is 0 Å². The molecule has 0 aliphatic carbocycles. The minimum absolute atomic E-state index is 0.152. The molecule has 3 aromatic rings. The van der Waals surface area contributed by atoms with Crippen LogP contribution in [0.15, 0.2) is 40.9 Å². The minimum Gasteiger partial charge on any atom is -0.378 e. The van der Waals surface area contributed by atoms with Gasteiger partial charge in [-0.1, -0.05) is 35.5 Å². The molecule has 0 bridgehead atoms. The summed E-state index contributed by atoms with van der Waals surface area (Å²) in [6, 6.07) is 11.4. The van der Waals surface area contributed by atoms with Gasteiger partial charge in [0.05, 0.1) is 24.5 Å². The van der Waals surface area contributed by atoms with Crippen molar-refractivity contribution in [3.8, 4) is 11.3 Å². The highest BCUT2D eigenvalue weighted by Gasteiger charge is 2.24. The molecular weight excluding hydrogens is 320 g/mol. The van der Waals surface area contributed by atoms with E-state index in [1.807, 2.05) is 36.4 Å². The first-order chi connectivity index (χ1) is 12.1. The maximum absolute atomic E-state index is 12.9. The van der Waals surface area contributed by atoms with Crippen LogP contribution in [-0.4, -0.2) is 40.3 Å². The van der Waals surface area contributed by atoms with Gasteiger partial charge in [-0.05, 0) is 13.0 Å². The number of nitrogens with zero attached hydrogens (tertiary/aromatic N) is 3. The van der Waals surface area contributed by atoms with E-state index in [4.69, 9.17) is 9.26 Å². The van der Waals surface area contributed by atoms with Gasteiger partial charge in [0.25, 0.3) is 5.91 Å². The van der Waals surface area contributed by atoms with Crippen LogP contribution in [0, 0.1) is 6.92 Å². The number of hydrogen-bond acceptors (Lipinski definition) is 5. The Balaban J connectivity index is 1.81. The molecule has 25 heavy (non-hydrogen) atoms. The molecule has 2 aromatic heterocycles. The number of carbonyl (C=O) groups is 1. The molecule has 0 saturated carbocycles. The highest BCUT2D eigenvalue weighted by molar-refractivity contribution is 6.00. The van der Waals surface area contributed by atoms with Gasteiger partial charge >= 0.3 is 0 Å². The van der Waals surface area contributed by atoms with Gasteiger partial charge in [0, 0.05) is 19.7 Å². The van der Waals surface area contributed by atoms with Crippen LogP contribution in [-0.2, 0) is 17.9 Å². The van der Waals surface area contributed by atoms with Crippen LogP contribution >= 0.6 is 0 Å². The maximum atomic E-state index is 12.9. The molecule has 130 valence electrons. The van der Waals surface area contributed by atoms with Crippen molar-refractivity contribution in [2.45, 2.75) is 20.1 Å². The van der Waals surface area contributed by atoms with Crippen molar-refractivity contribution in [2.24, 2.45) is 0 Å². The van der Waals surface area contributed by atoms with Crippen molar-refractivity contribution in [3.63, 3.8) is 0 Å². The zero-order valence-corrected chi connectivity index (χ0v) is 14.4. The third kappa shape index (κ3) is 3.61. The first kappa shape index (κ1) is 16.9. The summed E-state index contributed by atoms with van der Waals surface area (Å²) < 4.78 is 10.3. The lowest BCUT2D eigenvalue weighted by Crippen LogP contribution is -2.27. The topological polar surface area (TPSA) is 84.2 Å². The third-order valence-electron chi connectivity index (χ3n) is 3.85. The number of nitrogens with one attached hydrogen (secondary N) is 1. The standard InChI is InChI=1S/C18H20N4O3/c1-12-16(17(21-25-12)13-7-5-4-6-8-13)18(23)22(2)10-14-9-15(11-24-3)20-19-14/h4-9H,10-11H2,1-3H3,(H,19,20). The first-order valence-electron chi connectivity index (χ1n) is 7.89. The fraction of sp³-hybridized carbons (Fsp3) is 0.278. The van der Waals surface area contributed by atoms with Crippen LogP contribution in [0.4, 0.5) is 0 Å². The van der Waals surface area contributed by atoms with Crippen molar-refractivity contribution < 1.29 is 14.1 Å². The second kappa shape index (κ2) is 7.31. The zero-order chi connectivity index (χ0) is 17.8. The monoisotopic (exact) mass is 340 g/mol. The van der Waals surface area contributed by atoms with Crippen molar-refractivity contribution in [2.75, 3.05) is 14.2 Å². The minimum atomic E-state index is -0.152. The van der Waals surface area contributed by atoms with Gasteiger partial charge in [0.2, 0.25) is 0 Å². The number of amides is 1. The van der Waals surface area contributed by atoms with Crippen LogP contribution in [0.2, 0.25) is 0 Å². The Morgan fingerprint density at radius 3 is 2.80 bits per heavy atom. The van der Waals surface area contributed by atoms with E-state index in [-0.39, 0.29) is 5.91 Å². The number of carbonyl (C=O) groups excluding carboxylic acids is 1. The molecule has 0 fully saturated rings. The molecule has 0 unspecified atom stereocenters. The lowest BCUT2D eigenvalue weighted by atomic mass is 10.1. The molecule has 0 radical (unpaired) electrons. The summed E-state index contributed by atoms with van der Waals surface area (Å²) in [6.07, 6.45) is 0. The van der Waals surface area contributed by atoms with Crippen LogP contribution in [0.25, 0.3) is 11.3 Å². The summed E-state index contributed by atoms with van der Waals surface area (Å²) in [5.74, 6) is 0.348. The van der Waals surface area contributed by atoms with E-state index in [9.17, 15) is 4.79 Å². The zero-order valence-electron chi connectivity index (χ0n) is 14.4. The highest BCUT2D eigenvalue weighted by Crippen LogP contribution is 2.26. The lowest BCUT2D eigenvalue weighted by Gasteiger charge is -2.16. The van der Waals surface area contributed by atoms with Crippen LogP contribution in [0.5, 0.6) is 0 Å². The van der Waals surface area contributed by atoms with Crippen LogP contribution < -0.4 is 0 Å². The molecule has 7 nitrogen and oxygen atoms in total. The van der Waals surface area contributed by atoms with Crippen molar-refractivity contribution in [1.29, 1.82) is 0 Å². The largest absolute Gasteiger partial charge is 0.378 e. The fourth-order valence-electron chi connectivity index (χ4n) is 2.65. The Morgan fingerprint density at radius 2 is 2.08 bits per heavy atom. The molecule has 0 saturated heterocycles.